The second-order valence-electron chi connectivity index (χ2n) is 6.18. The van der Waals surface area contributed by atoms with Crippen LogP contribution in [0.5, 0.6) is 11.5 Å². The van der Waals surface area contributed by atoms with Crippen LogP contribution in [-0.4, -0.2) is 23.8 Å². The molecule has 6 heteroatoms. The van der Waals surface area contributed by atoms with E-state index in [1.807, 2.05) is 33.8 Å². The summed E-state index contributed by atoms with van der Waals surface area (Å²) in [6.07, 6.45) is 0.00987. The van der Waals surface area contributed by atoms with Gasteiger partial charge in [-0.25, -0.2) is 4.79 Å². The van der Waals surface area contributed by atoms with E-state index in [1.165, 1.54) is 0 Å². The molecule has 0 aromatic heterocycles. The van der Waals surface area contributed by atoms with E-state index in [-0.39, 0.29) is 11.7 Å². The summed E-state index contributed by atoms with van der Waals surface area (Å²) in [6, 6.07) is 8.59. The first-order valence-corrected chi connectivity index (χ1v) is 8.89. The van der Waals surface area contributed by atoms with E-state index in [4.69, 9.17) is 26.2 Å². The molecule has 5 nitrogen and oxygen atoms in total. The van der Waals surface area contributed by atoms with Crippen LogP contribution in [-0.2, 0) is 6.54 Å². The molecule has 26 heavy (non-hydrogen) atoms. The summed E-state index contributed by atoms with van der Waals surface area (Å²) in [7, 11) is 0. The van der Waals surface area contributed by atoms with Crippen molar-refractivity contribution in [2.75, 3.05) is 11.9 Å². The smallest absolute Gasteiger partial charge is 0.335 e. The summed E-state index contributed by atoms with van der Waals surface area (Å²) < 4.78 is 11.4. The lowest BCUT2D eigenvalue weighted by molar-refractivity contribution is 0.0697. The van der Waals surface area contributed by atoms with Crippen molar-refractivity contribution in [1.29, 1.82) is 0 Å². The Balaban J connectivity index is 2.25. The van der Waals surface area contributed by atoms with Gasteiger partial charge in [0.25, 0.3) is 0 Å². The molecule has 0 saturated heterocycles. The van der Waals surface area contributed by atoms with Gasteiger partial charge >= 0.3 is 5.97 Å². The second-order valence-corrected chi connectivity index (χ2v) is 6.59. The van der Waals surface area contributed by atoms with E-state index in [0.29, 0.717) is 29.7 Å². The highest BCUT2D eigenvalue weighted by molar-refractivity contribution is 6.31. The number of aromatic carboxylic acids is 1. The molecule has 2 aromatic rings. The van der Waals surface area contributed by atoms with Gasteiger partial charge in [-0.1, -0.05) is 17.7 Å². The second kappa shape index (κ2) is 8.81. The van der Waals surface area contributed by atoms with E-state index in [2.05, 4.69) is 5.32 Å². The van der Waals surface area contributed by atoms with Gasteiger partial charge in [0.15, 0.2) is 11.5 Å². The molecule has 0 bridgehead atoms. The van der Waals surface area contributed by atoms with Crippen molar-refractivity contribution in [2.24, 2.45) is 0 Å². The number of carboxylic acid groups (broad SMARTS) is 1. The van der Waals surface area contributed by atoms with Gasteiger partial charge in [-0.15, -0.1) is 0 Å². The summed E-state index contributed by atoms with van der Waals surface area (Å²) in [5, 5.41) is 13.0. The van der Waals surface area contributed by atoms with Gasteiger partial charge in [0, 0.05) is 23.3 Å². The molecule has 0 amide bonds. The van der Waals surface area contributed by atoms with Gasteiger partial charge in [0.05, 0.1) is 18.3 Å². The van der Waals surface area contributed by atoms with Gasteiger partial charge < -0.3 is 19.9 Å². The fraction of sp³-hybridized carbons (Fsp3) is 0.350. The van der Waals surface area contributed by atoms with Crippen molar-refractivity contribution in [3.8, 4) is 11.5 Å². The number of rotatable bonds is 8. The quantitative estimate of drug-likeness (QED) is 0.666. The average Bonchev–Trinajstić information content (AvgIpc) is 2.56. The number of carboxylic acids is 1. The molecule has 0 radical (unpaired) electrons. The van der Waals surface area contributed by atoms with Crippen LogP contribution in [0.1, 0.15) is 42.3 Å². The zero-order chi connectivity index (χ0) is 19.3. The van der Waals surface area contributed by atoms with Gasteiger partial charge in [-0.05, 0) is 57.0 Å². The number of hydrogen-bond donors (Lipinski definition) is 2. The lowest BCUT2D eigenvalue weighted by Crippen LogP contribution is -2.09. The third-order valence-electron chi connectivity index (χ3n) is 3.73. The van der Waals surface area contributed by atoms with Crippen LogP contribution in [0.4, 0.5) is 5.69 Å². The summed E-state index contributed by atoms with van der Waals surface area (Å²) in [4.78, 5) is 11.2. The fourth-order valence-electron chi connectivity index (χ4n) is 2.46. The Kier molecular flexibility index (Phi) is 6.75. The van der Waals surface area contributed by atoms with Gasteiger partial charge in [0.1, 0.15) is 0 Å². The molecular weight excluding hydrogens is 354 g/mol. The SMILES string of the molecule is CCOc1cc(CNc2cc(C(=O)O)ccc2C)c(Cl)cc1OC(C)C. The Labute approximate surface area is 158 Å². The average molecular weight is 378 g/mol. The minimum absolute atomic E-state index is 0.00987. The van der Waals surface area contributed by atoms with E-state index in [0.717, 1.165) is 16.8 Å². The summed E-state index contributed by atoms with van der Waals surface area (Å²) in [5.41, 5.74) is 2.78. The number of hydrogen-bond acceptors (Lipinski definition) is 4. The molecule has 0 saturated carbocycles. The predicted molar refractivity (Wildman–Crippen MR) is 104 cm³/mol. The van der Waals surface area contributed by atoms with Crippen molar-refractivity contribution in [3.63, 3.8) is 0 Å². The standard InChI is InChI=1S/C20H24ClNO4/c1-5-25-18-9-15(16(21)10-19(18)26-12(2)3)11-22-17-8-14(20(23)24)7-6-13(17)4/h6-10,12,22H,5,11H2,1-4H3,(H,23,24). The highest BCUT2D eigenvalue weighted by Crippen LogP contribution is 2.35. The Morgan fingerprint density at radius 2 is 1.96 bits per heavy atom. The van der Waals surface area contributed by atoms with Crippen LogP contribution < -0.4 is 14.8 Å². The maximum atomic E-state index is 11.2. The molecule has 0 aliphatic carbocycles. The van der Waals surface area contributed by atoms with E-state index >= 15 is 0 Å². The molecule has 0 spiro atoms. The molecule has 0 atom stereocenters. The zero-order valence-corrected chi connectivity index (χ0v) is 16.2. The largest absolute Gasteiger partial charge is 0.490 e. The Hall–Kier alpha value is -2.40. The molecule has 0 aliphatic heterocycles. The monoisotopic (exact) mass is 377 g/mol. The van der Waals surface area contributed by atoms with E-state index in [9.17, 15) is 4.79 Å². The fourth-order valence-corrected chi connectivity index (χ4v) is 2.68. The molecule has 2 N–H and O–H groups in total. The van der Waals surface area contributed by atoms with Crippen LogP contribution in [0, 0.1) is 6.92 Å². The Morgan fingerprint density at radius 1 is 1.23 bits per heavy atom. The molecule has 0 heterocycles. The van der Waals surface area contributed by atoms with Crippen molar-refractivity contribution in [1.82, 2.24) is 0 Å². The molecule has 2 aromatic carbocycles. The van der Waals surface area contributed by atoms with Gasteiger partial charge in [0.2, 0.25) is 0 Å². The Morgan fingerprint density at radius 3 is 2.58 bits per heavy atom. The van der Waals surface area contributed by atoms with Crippen LogP contribution in [0.3, 0.4) is 0 Å². The predicted octanol–water partition coefficient (Wildman–Crippen LogP) is 5.14. The summed E-state index contributed by atoms with van der Waals surface area (Å²) in [5.74, 6) is 0.290. The summed E-state index contributed by atoms with van der Waals surface area (Å²) >= 11 is 6.40. The number of ether oxygens (including phenoxy) is 2. The third kappa shape index (κ3) is 5.05. The van der Waals surface area contributed by atoms with Crippen LogP contribution >= 0.6 is 11.6 Å². The number of nitrogens with one attached hydrogen (secondary N) is 1. The number of aryl methyl sites for hydroxylation is 1. The lowest BCUT2D eigenvalue weighted by Gasteiger charge is -2.17. The van der Waals surface area contributed by atoms with Crippen LogP contribution in [0.2, 0.25) is 5.02 Å². The van der Waals surface area contributed by atoms with Crippen LogP contribution in [0.15, 0.2) is 30.3 Å². The third-order valence-corrected chi connectivity index (χ3v) is 4.08. The van der Waals surface area contributed by atoms with Crippen molar-refractivity contribution in [3.05, 3.63) is 52.0 Å². The first-order valence-electron chi connectivity index (χ1n) is 8.51. The van der Waals surface area contributed by atoms with Gasteiger partial charge in [-0.3, -0.25) is 0 Å². The topological polar surface area (TPSA) is 67.8 Å². The van der Waals surface area contributed by atoms with Crippen LogP contribution in [0.25, 0.3) is 0 Å². The van der Waals surface area contributed by atoms with E-state index in [1.54, 1.807) is 24.3 Å². The number of halogens is 1. The number of carbonyl (C=O) groups is 1. The first-order chi connectivity index (χ1) is 12.3. The highest BCUT2D eigenvalue weighted by Gasteiger charge is 2.13. The molecule has 0 unspecified atom stereocenters. The Bertz CT molecular complexity index is 790. The lowest BCUT2D eigenvalue weighted by atomic mass is 10.1. The molecule has 0 fully saturated rings. The van der Waals surface area contributed by atoms with Gasteiger partial charge in [-0.2, -0.15) is 0 Å². The molecule has 0 aliphatic rings. The van der Waals surface area contributed by atoms with Crippen molar-refractivity contribution >= 4 is 23.3 Å². The maximum absolute atomic E-state index is 11.2. The minimum Gasteiger partial charge on any atom is -0.490 e. The molecule has 140 valence electrons. The normalized spacial score (nSPS) is 10.7. The first kappa shape index (κ1) is 19.9. The minimum atomic E-state index is -0.958. The number of anilines is 1. The maximum Gasteiger partial charge on any atom is 0.335 e. The summed E-state index contributed by atoms with van der Waals surface area (Å²) in [6.45, 7) is 8.66. The zero-order valence-electron chi connectivity index (χ0n) is 15.4. The van der Waals surface area contributed by atoms with Crippen molar-refractivity contribution < 1.29 is 19.4 Å². The van der Waals surface area contributed by atoms with Crippen molar-refractivity contribution in [2.45, 2.75) is 40.3 Å². The highest BCUT2D eigenvalue weighted by atomic mass is 35.5. The molecule has 2 rings (SSSR count). The van der Waals surface area contributed by atoms with E-state index < -0.39 is 5.97 Å². The number of benzene rings is 2. The molecular formula is C20H24ClNO4.